The summed E-state index contributed by atoms with van der Waals surface area (Å²) in [5.74, 6) is -0.0820. The number of nitrogens with one attached hydrogen (secondary N) is 2. The number of hydrogen-bond acceptors (Lipinski definition) is 4. The van der Waals surface area contributed by atoms with Crippen LogP contribution in [0.1, 0.15) is 24.2 Å². The van der Waals surface area contributed by atoms with Gasteiger partial charge in [0.25, 0.3) is 11.5 Å². The fraction of sp³-hybridized carbons (Fsp3) is 0.438. The van der Waals surface area contributed by atoms with Crippen LogP contribution in [-0.4, -0.2) is 46.0 Å². The fourth-order valence-electron chi connectivity index (χ4n) is 2.98. The number of amides is 1. The van der Waals surface area contributed by atoms with Gasteiger partial charge in [-0.3, -0.25) is 14.2 Å². The van der Waals surface area contributed by atoms with Gasteiger partial charge in [0.05, 0.1) is 10.9 Å². The smallest absolute Gasteiger partial charge is 0.328 e. The Morgan fingerprint density at radius 1 is 1.35 bits per heavy atom. The van der Waals surface area contributed by atoms with Crippen LogP contribution in [0.25, 0.3) is 10.9 Å². The van der Waals surface area contributed by atoms with Gasteiger partial charge in [0.15, 0.2) is 0 Å². The summed E-state index contributed by atoms with van der Waals surface area (Å²) >= 11 is 0. The van der Waals surface area contributed by atoms with E-state index < -0.39 is 5.69 Å². The number of carbonyl (C=O) groups is 1. The van der Waals surface area contributed by atoms with Crippen LogP contribution in [0.3, 0.4) is 0 Å². The van der Waals surface area contributed by atoms with Crippen LogP contribution in [0.15, 0.2) is 27.8 Å². The summed E-state index contributed by atoms with van der Waals surface area (Å²) in [5.41, 5.74) is 0.0971. The van der Waals surface area contributed by atoms with Crippen LogP contribution < -0.4 is 16.6 Å². The molecule has 0 saturated carbocycles. The molecule has 1 saturated heterocycles. The van der Waals surface area contributed by atoms with Crippen molar-refractivity contribution in [3.05, 3.63) is 44.6 Å². The van der Waals surface area contributed by atoms with Crippen molar-refractivity contribution in [1.82, 2.24) is 19.8 Å². The molecule has 2 N–H and O–H groups in total. The SMILES string of the molecule is CCn1c(=O)[nH]c2cc(C(=O)N3CCNC[C@@H]3C)ccc2c1=O. The first-order valence-corrected chi connectivity index (χ1v) is 7.81. The first-order valence-electron chi connectivity index (χ1n) is 7.81. The number of aromatic nitrogens is 2. The summed E-state index contributed by atoms with van der Waals surface area (Å²) in [6.07, 6.45) is 0. The number of nitrogens with zero attached hydrogens (tertiary/aromatic N) is 2. The number of hydrogen-bond donors (Lipinski definition) is 2. The van der Waals surface area contributed by atoms with E-state index in [4.69, 9.17) is 0 Å². The summed E-state index contributed by atoms with van der Waals surface area (Å²) in [5, 5.41) is 3.66. The molecule has 1 fully saturated rings. The van der Waals surface area contributed by atoms with E-state index in [-0.39, 0.29) is 17.5 Å². The van der Waals surface area contributed by atoms with E-state index in [0.29, 0.717) is 29.6 Å². The van der Waals surface area contributed by atoms with Gasteiger partial charge in [-0.1, -0.05) is 0 Å². The molecule has 1 amide bonds. The second-order valence-corrected chi connectivity index (χ2v) is 5.79. The highest BCUT2D eigenvalue weighted by atomic mass is 16.2. The molecule has 0 radical (unpaired) electrons. The normalized spacial score (nSPS) is 18.3. The van der Waals surface area contributed by atoms with E-state index in [1.165, 1.54) is 0 Å². The van der Waals surface area contributed by atoms with Gasteiger partial charge < -0.3 is 15.2 Å². The second-order valence-electron chi connectivity index (χ2n) is 5.79. The lowest BCUT2D eigenvalue weighted by Crippen LogP contribution is -2.52. The lowest BCUT2D eigenvalue weighted by Gasteiger charge is -2.34. The minimum atomic E-state index is -0.454. The number of aromatic amines is 1. The highest BCUT2D eigenvalue weighted by Gasteiger charge is 2.24. The highest BCUT2D eigenvalue weighted by molar-refractivity contribution is 5.97. The zero-order valence-electron chi connectivity index (χ0n) is 13.3. The van der Waals surface area contributed by atoms with Gasteiger partial charge in [-0.25, -0.2) is 4.79 Å². The fourth-order valence-corrected chi connectivity index (χ4v) is 2.98. The number of fused-ring (bicyclic) bond motifs is 1. The maximum atomic E-state index is 12.7. The molecule has 2 aromatic rings. The molecule has 7 nitrogen and oxygen atoms in total. The molecule has 0 bridgehead atoms. The van der Waals surface area contributed by atoms with Crippen LogP contribution >= 0.6 is 0 Å². The third-order valence-corrected chi connectivity index (χ3v) is 4.31. The van der Waals surface area contributed by atoms with E-state index in [1.807, 2.05) is 11.8 Å². The van der Waals surface area contributed by atoms with Crippen LogP contribution in [0, 0.1) is 0 Å². The number of carbonyl (C=O) groups excluding carboxylic acids is 1. The monoisotopic (exact) mass is 316 g/mol. The van der Waals surface area contributed by atoms with Crippen molar-refractivity contribution in [3.8, 4) is 0 Å². The molecule has 23 heavy (non-hydrogen) atoms. The number of H-pyrrole nitrogens is 1. The number of benzene rings is 1. The Bertz CT molecular complexity index is 868. The maximum absolute atomic E-state index is 12.7. The van der Waals surface area contributed by atoms with Crippen molar-refractivity contribution in [3.63, 3.8) is 0 Å². The average Bonchev–Trinajstić information content (AvgIpc) is 2.54. The molecule has 0 aliphatic carbocycles. The third-order valence-electron chi connectivity index (χ3n) is 4.31. The Morgan fingerprint density at radius 2 is 2.13 bits per heavy atom. The van der Waals surface area contributed by atoms with Crippen molar-refractivity contribution in [2.45, 2.75) is 26.4 Å². The van der Waals surface area contributed by atoms with Gasteiger partial charge >= 0.3 is 5.69 Å². The van der Waals surface area contributed by atoms with Crippen LogP contribution in [-0.2, 0) is 6.54 Å². The van der Waals surface area contributed by atoms with E-state index in [1.54, 1.807) is 25.1 Å². The Kier molecular flexibility index (Phi) is 4.04. The van der Waals surface area contributed by atoms with Crippen molar-refractivity contribution in [1.29, 1.82) is 0 Å². The van der Waals surface area contributed by atoms with E-state index in [9.17, 15) is 14.4 Å². The van der Waals surface area contributed by atoms with Gasteiger partial charge in [0.1, 0.15) is 0 Å². The molecule has 122 valence electrons. The van der Waals surface area contributed by atoms with Crippen molar-refractivity contribution < 1.29 is 4.79 Å². The maximum Gasteiger partial charge on any atom is 0.328 e. The Balaban J connectivity index is 2.05. The first kappa shape index (κ1) is 15.5. The molecular weight excluding hydrogens is 296 g/mol. The topological polar surface area (TPSA) is 87.2 Å². The van der Waals surface area contributed by atoms with Crippen molar-refractivity contribution >= 4 is 16.8 Å². The van der Waals surface area contributed by atoms with E-state index in [0.717, 1.165) is 17.7 Å². The molecule has 1 aromatic carbocycles. The van der Waals surface area contributed by atoms with Gasteiger partial charge in [-0.2, -0.15) is 0 Å². The minimum absolute atomic E-state index is 0.0820. The molecule has 0 unspecified atom stereocenters. The molecule has 0 spiro atoms. The lowest BCUT2D eigenvalue weighted by atomic mass is 10.1. The number of rotatable bonds is 2. The molecular formula is C16H20N4O3. The molecule has 2 heterocycles. The predicted molar refractivity (Wildman–Crippen MR) is 87.9 cm³/mol. The third kappa shape index (κ3) is 2.68. The van der Waals surface area contributed by atoms with Crippen LogP contribution in [0.2, 0.25) is 0 Å². The zero-order valence-corrected chi connectivity index (χ0v) is 13.3. The molecule has 1 atom stereocenters. The molecule has 3 rings (SSSR count). The number of piperazine rings is 1. The van der Waals surface area contributed by atoms with Gasteiger partial charge in [-0.05, 0) is 32.0 Å². The van der Waals surface area contributed by atoms with Gasteiger partial charge in [0.2, 0.25) is 0 Å². The van der Waals surface area contributed by atoms with E-state index >= 15 is 0 Å². The summed E-state index contributed by atoms with van der Waals surface area (Å²) in [6.45, 7) is 6.22. The molecule has 1 aliphatic heterocycles. The van der Waals surface area contributed by atoms with Gasteiger partial charge in [0, 0.05) is 37.8 Å². The standard InChI is InChI=1S/C16H20N4O3/c1-3-19-15(22)12-5-4-11(8-13(12)18-16(19)23)14(21)20-7-6-17-9-10(20)2/h4-5,8,10,17H,3,6-7,9H2,1-2H3,(H,18,23)/t10-/m0/s1. The highest BCUT2D eigenvalue weighted by Crippen LogP contribution is 2.14. The second kappa shape index (κ2) is 6.00. The quantitative estimate of drug-likeness (QED) is 0.825. The minimum Gasteiger partial charge on any atom is -0.333 e. The van der Waals surface area contributed by atoms with E-state index in [2.05, 4.69) is 10.3 Å². The predicted octanol–water partition coefficient (Wildman–Crippen LogP) is 0.144. The van der Waals surface area contributed by atoms with Crippen molar-refractivity contribution in [2.75, 3.05) is 19.6 Å². The average molecular weight is 316 g/mol. The molecule has 1 aromatic heterocycles. The summed E-state index contributed by atoms with van der Waals surface area (Å²) in [7, 11) is 0. The van der Waals surface area contributed by atoms with Crippen molar-refractivity contribution in [2.24, 2.45) is 0 Å². The summed E-state index contributed by atoms with van der Waals surface area (Å²) in [4.78, 5) is 41.3. The lowest BCUT2D eigenvalue weighted by molar-refractivity contribution is 0.0656. The van der Waals surface area contributed by atoms with Crippen LogP contribution in [0.4, 0.5) is 0 Å². The summed E-state index contributed by atoms with van der Waals surface area (Å²) < 4.78 is 1.14. The Labute approximate surface area is 132 Å². The zero-order chi connectivity index (χ0) is 16.6. The first-order chi connectivity index (χ1) is 11.0. The Hall–Kier alpha value is -2.41. The molecule has 7 heteroatoms. The molecule has 1 aliphatic rings. The van der Waals surface area contributed by atoms with Crippen LogP contribution in [0.5, 0.6) is 0 Å². The largest absolute Gasteiger partial charge is 0.333 e. The Morgan fingerprint density at radius 3 is 2.83 bits per heavy atom. The van der Waals surface area contributed by atoms with Gasteiger partial charge in [-0.15, -0.1) is 0 Å². The summed E-state index contributed by atoms with van der Waals surface area (Å²) in [6, 6.07) is 4.97.